The zero-order valence-corrected chi connectivity index (χ0v) is 13.1. The second-order valence-electron chi connectivity index (χ2n) is 5.46. The number of nitrogens with one attached hydrogen (secondary N) is 2. The molecule has 0 radical (unpaired) electrons. The summed E-state index contributed by atoms with van der Waals surface area (Å²) >= 11 is 0. The first-order valence-electron chi connectivity index (χ1n) is 7.61. The maximum atomic E-state index is 12.4. The number of para-hydroxylation sites is 1. The molecule has 1 heterocycles. The Morgan fingerprint density at radius 2 is 1.80 bits per heavy atom. The number of anilines is 2. The molecule has 7 heteroatoms. The van der Waals surface area contributed by atoms with Crippen LogP contribution in [0, 0.1) is 0 Å². The van der Waals surface area contributed by atoms with Crippen molar-refractivity contribution in [2.24, 2.45) is 0 Å². The van der Waals surface area contributed by atoms with E-state index in [0.717, 1.165) is 23.4 Å². The Hall–Kier alpha value is -2.96. The predicted octanol–water partition coefficient (Wildman–Crippen LogP) is 4.42. The summed E-state index contributed by atoms with van der Waals surface area (Å²) in [6.45, 7) is 0.620. The number of carbonyl (C=O) groups excluding carboxylic acids is 1. The van der Waals surface area contributed by atoms with Gasteiger partial charge in [0.2, 0.25) is 0 Å². The molecule has 0 aromatic heterocycles. The minimum absolute atomic E-state index is 0.289. The number of halogens is 3. The quantitative estimate of drug-likeness (QED) is 0.863. The zero-order chi connectivity index (χ0) is 17.9. The van der Waals surface area contributed by atoms with E-state index < -0.39 is 6.36 Å². The van der Waals surface area contributed by atoms with Crippen LogP contribution in [0.4, 0.5) is 24.5 Å². The number of benzene rings is 2. The summed E-state index contributed by atoms with van der Waals surface area (Å²) in [5, 5.41) is 5.94. The Kier molecular flexibility index (Phi) is 4.65. The highest BCUT2D eigenvalue weighted by Crippen LogP contribution is 2.26. The van der Waals surface area contributed by atoms with Crippen LogP contribution in [0.25, 0.3) is 6.08 Å². The highest BCUT2D eigenvalue weighted by molar-refractivity contribution is 6.07. The number of fused-ring (bicyclic) bond motifs is 1. The summed E-state index contributed by atoms with van der Waals surface area (Å²) in [6.07, 6.45) is -2.39. The third-order valence-corrected chi connectivity index (χ3v) is 3.64. The molecule has 1 aliphatic rings. The van der Waals surface area contributed by atoms with Crippen molar-refractivity contribution < 1.29 is 22.7 Å². The van der Waals surface area contributed by atoms with E-state index in [1.807, 2.05) is 30.3 Å². The Bertz CT molecular complexity index is 799. The third-order valence-electron chi connectivity index (χ3n) is 3.64. The summed E-state index contributed by atoms with van der Waals surface area (Å²) in [4.78, 5) is 12.4. The lowest BCUT2D eigenvalue weighted by Gasteiger charge is -2.10. The van der Waals surface area contributed by atoms with Gasteiger partial charge < -0.3 is 15.4 Å². The molecule has 0 saturated heterocycles. The number of hydrogen-bond donors (Lipinski definition) is 2. The molecule has 2 aromatic rings. The lowest BCUT2D eigenvalue weighted by atomic mass is 10.1. The van der Waals surface area contributed by atoms with Crippen LogP contribution < -0.4 is 15.4 Å². The van der Waals surface area contributed by atoms with Gasteiger partial charge in [-0.1, -0.05) is 18.2 Å². The third kappa shape index (κ3) is 4.53. The van der Waals surface area contributed by atoms with Crippen LogP contribution in [-0.4, -0.2) is 18.8 Å². The Morgan fingerprint density at radius 3 is 2.52 bits per heavy atom. The standard InChI is InChI=1S/C18H15F3N2O2/c19-18(20,21)25-15-7-5-14(6-8-15)23-17(24)13-9-10-22-16-4-2-1-3-12(16)11-13/h1-8,11,22H,9-10H2,(H,23,24). The molecule has 1 aliphatic heterocycles. The number of carbonyl (C=O) groups is 1. The van der Waals surface area contributed by atoms with Gasteiger partial charge in [-0.15, -0.1) is 13.2 Å². The van der Waals surface area contributed by atoms with Gasteiger partial charge in [0.15, 0.2) is 0 Å². The fourth-order valence-corrected chi connectivity index (χ4v) is 2.51. The van der Waals surface area contributed by atoms with E-state index in [-0.39, 0.29) is 11.7 Å². The second kappa shape index (κ2) is 6.88. The SMILES string of the molecule is O=C(Nc1ccc(OC(F)(F)F)cc1)C1=Cc2ccccc2NCC1. The molecule has 0 aliphatic carbocycles. The van der Waals surface area contributed by atoms with Crippen molar-refractivity contribution in [3.8, 4) is 5.75 Å². The summed E-state index contributed by atoms with van der Waals surface area (Å²) < 4.78 is 40.2. The average molecular weight is 348 g/mol. The lowest BCUT2D eigenvalue weighted by molar-refractivity contribution is -0.274. The van der Waals surface area contributed by atoms with Crippen LogP contribution in [-0.2, 0) is 4.79 Å². The maximum Gasteiger partial charge on any atom is 0.573 e. The molecule has 1 amide bonds. The van der Waals surface area contributed by atoms with Crippen LogP contribution in [0.3, 0.4) is 0 Å². The summed E-state index contributed by atoms with van der Waals surface area (Å²) in [5.74, 6) is -0.625. The van der Waals surface area contributed by atoms with Gasteiger partial charge in [-0.05, 0) is 48.4 Å². The average Bonchev–Trinajstić information content (AvgIpc) is 2.77. The topological polar surface area (TPSA) is 50.4 Å². The van der Waals surface area contributed by atoms with Crippen LogP contribution in [0.1, 0.15) is 12.0 Å². The van der Waals surface area contributed by atoms with Crippen molar-refractivity contribution in [1.82, 2.24) is 0 Å². The smallest absolute Gasteiger partial charge is 0.406 e. The van der Waals surface area contributed by atoms with E-state index in [9.17, 15) is 18.0 Å². The molecular formula is C18H15F3N2O2. The molecule has 2 aromatic carbocycles. The van der Waals surface area contributed by atoms with Crippen LogP contribution in [0.15, 0.2) is 54.1 Å². The fourth-order valence-electron chi connectivity index (χ4n) is 2.51. The monoisotopic (exact) mass is 348 g/mol. The molecule has 4 nitrogen and oxygen atoms in total. The van der Waals surface area contributed by atoms with Crippen molar-refractivity contribution in [3.05, 3.63) is 59.7 Å². The normalized spacial score (nSPS) is 13.8. The largest absolute Gasteiger partial charge is 0.573 e. The van der Waals surface area contributed by atoms with Gasteiger partial charge in [0.05, 0.1) is 0 Å². The van der Waals surface area contributed by atoms with Crippen molar-refractivity contribution in [3.63, 3.8) is 0 Å². The highest BCUT2D eigenvalue weighted by atomic mass is 19.4. The van der Waals surface area contributed by atoms with Gasteiger partial charge in [0.1, 0.15) is 5.75 Å². The van der Waals surface area contributed by atoms with Crippen LogP contribution in [0.5, 0.6) is 5.75 Å². The number of rotatable bonds is 3. The molecule has 25 heavy (non-hydrogen) atoms. The molecule has 130 valence electrons. The summed E-state index contributed by atoms with van der Waals surface area (Å²) in [5.41, 5.74) is 2.86. The van der Waals surface area contributed by atoms with Crippen molar-refractivity contribution >= 4 is 23.4 Å². The molecule has 0 saturated carbocycles. The van der Waals surface area contributed by atoms with Crippen LogP contribution in [0.2, 0.25) is 0 Å². The number of amides is 1. The van der Waals surface area contributed by atoms with Gasteiger partial charge in [0.25, 0.3) is 5.91 Å². The van der Waals surface area contributed by atoms with E-state index in [2.05, 4.69) is 15.4 Å². The molecule has 3 rings (SSSR count). The van der Waals surface area contributed by atoms with E-state index in [0.29, 0.717) is 24.2 Å². The first-order valence-corrected chi connectivity index (χ1v) is 7.61. The summed E-state index contributed by atoms with van der Waals surface area (Å²) in [6, 6.07) is 12.7. The molecule has 0 spiro atoms. The molecule has 0 fully saturated rings. The lowest BCUT2D eigenvalue weighted by Crippen LogP contribution is -2.17. The fraction of sp³-hybridized carbons (Fsp3) is 0.167. The van der Waals surface area contributed by atoms with Gasteiger partial charge >= 0.3 is 6.36 Å². The van der Waals surface area contributed by atoms with E-state index in [4.69, 9.17) is 0 Å². The first-order chi connectivity index (χ1) is 11.9. The van der Waals surface area contributed by atoms with Crippen molar-refractivity contribution in [2.75, 3.05) is 17.2 Å². The number of alkyl halides is 3. The molecule has 0 bridgehead atoms. The molecule has 0 unspecified atom stereocenters. The number of hydrogen-bond acceptors (Lipinski definition) is 3. The Labute approximate surface area is 142 Å². The van der Waals surface area contributed by atoms with Gasteiger partial charge in [-0.2, -0.15) is 0 Å². The predicted molar refractivity (Wildman–Crippen MR) is 89.3 cm³/mol. The zero-order valence-electron chi connectivity index (χ0n) is 13.1. The van der Waals surface area contributed by atoms with Gasteiger partial charge in [0, 0.05) is 23.5 Å². The van der Waals surface area contributed by atoms with Crippen molar-refractivity contribution in [2.45, 2.75) is 12.8 Å². The minimum atomic E-state index is -4.74. The van der Waals surface area contributed by atoms with Crippen LogP contribution >= 0.6 is 0 Å². The molecular weight excluding hydrogens is 333 g/mol. The van der Waals surface area contributed by atoms with Gasteiger partial charge in [-0.25, -0.2) is 0 Å². The summed E-state index contributed by atoms with van der Waals surface area (Å²) in [7, 11) is 0. The minimum Gasteiger partial charge on any atom is -0.406 e. The van der Waals surface area contributed by atoms with E-state index in [1.54, 1.807) is 0 Å². The second-order valence-corrected chi connectivity index (χ2v) is 5.46. The number of ether oxygens (including phenoxy) is 1. The Morgan fingerprint density at radius 1 is 1.08 bits per heavy atom. The maximum absolute atomic E-state index is 12.4. The molecule has 0 atom stereocenters. The van der Waals surface area contributed by atoms with Gasteiger partial charge in [-0.3, -0.25) is 4.79 Å². The van der Waals surface area contributed by atoms with Crippen molar-refractivity contribution in [1.29, 1.82) is 0 Å². The Balaban J connectivity index is 1.71. The molecule has 2 N–H and O–H groups in total. The highest BCUT2D eigenvalue weighted by Gasteiger charge is 2.31. The van der Waals surface area contributed by atoms with E-state index in [1.165, 1.54) is 12.1 Å². The van der Waals surface area contributed by atoms with E-state index >= 15 is 0 Å². The first kappa shape index (κ1) is 16.9.